The van der Waals surface area contributed by atoms with Gasteiger partial charge >= 0.3 is 0 Å². The van der Waals surface area contributed by atoms with Crippen LogP contribution in [0.3, 0.4) is 0 Å². The predicted molar refractivity (Wildman–Crippen MR) is 289 cm³/mol. The number of amides is 2. The van der Waals surface area contributed by atoms with Crippen molar-refractivity contribution in [3.8, 4) is 0 Å². The fourth-order valence-corrected chi connectivity index (χ4v) is 11.3. The highest BCUT2D eigenvalue weighted by Gasteiger charge is 2.58. The molecule has 28 heteroatoms. The first-order valence-electron chi connectivity index (χ1n) is 29.9. The minimum absolute atomic E-state index is 0.141. The van der Waals surface area contributed by atoms with Crippen molar-refractivity contribution in [1.29, 1.82) is 0 Å². The Bertz CT molecular complexity index is 1780. The number of rotatable bonds is 40. The highest BCUT2D eigenvalue weighted by atomic mass is 16.7. The molecule has 0 aromatic rings. The van der Waals surface area contributed by atoms with Crippen LogP contribution in [0.25, 0.3) is 0 Å². The van der Waals surface area contributed by atoms with E-state index in [1.807, 2.05) is 6.92 Å². The van der Waals surface area contributed by atoms with Gasteiger partial charge in [-0.3, -0.25) is 9.59 Å². The van der Waals surface area contributed by atoms with E-state index in [0.29, 0.717) is 52.0 Å². The van der Waals surface area contributed by atoms with Crippen molar-refractivity contribution >= 4 is 11.8 Å². The van der Waals surface area contributed by atoms with Crippen molar-refractivity contribution in [1.82, 2.24) is 10.6 Å². The van der Waals surface area contributed by atoms with Crippen molar-refractivity contribution in [2.24, 2.45) is 11.8 Å². The Labute approximate surface area is 486 Å². The number of carbonyl (C=O) groups excluding carboxylic acids is 2. The smallest absolute Gasteiger partial charge is 0.222 e. The summed E-state index contributed by atoms with van der Waals surface area (Å²) in [6.45, 7) is 7.02. The third-order valence-corrected chi connectivity index (χ3v) is 16.4. The van der Waals surface area contributed by atoms with Crippen molar-refractivity contribution < 1.29 is 128 Å². The van der Waals surface area contributed by atoms with Crippen LogP contribution in [0.15, 0.2) is 0 Å². The Morgan fingerprint density at radius 3 is 1.24 bits per heavy atom. The lowest BCUT2D eigenvalue weighted by atomic mass is 9.72. The van der Waals surface area contributed by atoms with Crippen molar-refractivity contribution in [3.63, 3.8) is 0 Å². The minimum atomic E-state index is -1.70. The molecule has 0 aromatic heterocycles. The van der Waals surface area contributed by atoms with Crippen LogP contribution in [-0.4, -0.2) is 284 Å². The molecule has 4 aliphatic rings. The van der Waals surface area contributed by atoms with Gasteiger partial charge in [-0.2, -0.15) is 0 Å². The molecule has 488 valence electrons. The molecule has 0 aromatic carbocycles. The normalized spacial score (nSPS) is 35.6. The zero-order valence-electron chi connectivity index (χ0n) is 48.8. The first kappa shape index (κ1) is 73.4. The third kappa shape index (κ3) is 21.1. The van der Waals surface area contributed by atoms with Crippen LogP contribution in [0.4, 0.5) is 0 Å². The maximum Gasteiger partial charge on any atom is 0.222 e. The van der Waals surface area contributed by atoms with E-state index in [1.54, 1.807) is 20.8 Å². The van der Waals surface area contributed by atoms with Crippen LogP contribution >= 0.6 is 0 Å². The third-order valence-electron chi connectivity index (χ3n) is 16.4. The van der Waals surface area contributed by atoms with E-state index in [0.717, 1.165) is 38.5 Å². The molecule has 4 aliphatic heterocycles. The van der Waals surface area contributed by atoms with E-state index < -0.39 is 160 Å². The summed E-state index contributed by atoms with van der Waals surface area (Å²) in [5.74, 6) is -2.36. The molecule has 0 spiro atoms. The minimum Gasteiger partial charge on any atom is -0.394 e. The molecule has 4 heterocycles. The lowest BCUT2D eigenvalue weighted by Crippen LogP contribution is -2.66. The molecule has 16 N–H and O–H groups in total. The average molecular weight is 1210 g/mol. The maximum absolute atomic E-state index is 12.3. The number of hydrogen-bond donors (Lipinski definition) is 16. The van der Waals surface area contributed by atoms with Crippen LogP contribution in [0.1, 0.15) is 124 Å². The van der Waals surface area contributed by atoms with E-state index in [2.05, 4.69) is 10.6 Å². The van der Waals surface area contributed by atoms with E-state index in [9.17, 15) is 81.1 Å². The summed E-state index contributed by atoms with van der Waals surface area (Å²) in [4.78, 5) is 24.6. The molecular weight excluding hydrogens is 1100 g/mol. The zero-order valence-corrected chi connectivity index (χ0v) is 48.8. The molecule has 28 nitrogen and oxygen atoms in total. The number of aliphatic hydroxyl groups is 14. The van der Waals surface area contributed by atoms with Gasteiger partial charge in [-0.25, -0.2) is 0 Å². The van der Waals surface area contributed by atoms with Gasteiger partial charge < -0.3 is 129 Å². The van der Waals surface area contributed by atoms with E-state index in [1.165, 1.54) is 0 Å². The Kier molecular flexibility index (Phi) is 33.4. The molecular formula is C55H102N2O26. The maximum atomic E-state index is 12.3. The van der Waals surface area contributed by atoms with Crippen LogP contribution in [0.5, 0.6) is 0 Å². The lowest BCUT2D eigenvalue weighted by Gasteiger charge is -2.53. The Morgan fingerprint density at radius 1 is 0.422 bits per heavy atom. The highest BCUT2D eigenvalue weighted by Crippen LogP contribution is 2.44. The van der Waals surface area contributed by atoms with Gasteiger partial charge in [0.25, 0.3) is 0 Å². The Balaban J connectivity index is 0.966. The number of hydrogen-bond acceptors (Lipinski definition) is 26. The summed E-state index contributed by atoms with van der Waals surface area (Å²) in [6, 6.07) is 0. The second-order valence-electron chi connectivity index (χ2n) is 22.3. The lowest BCUT2D eigenvalue weighted by molar-refractivity contribution is -0.362. The predicted octanol–water partition coefficient (Wildman–Crippen LogP) is -3.56. The summed E-state index contributed by atoms with van der Waals surface area (Å²) >= 11 is 0. The number of unbranched alkanes of at least 4 members (excludes halogenated alkanes) is 6. The van der Waals surface area contributed by atoms with Gasteiger partial charge in [-0.1, -0.05) is 52.9 Å². The molecule has 0 radical (unpaired) electrons. The van der Waals surface area contributed by atoms with Gasteiger partial charge in [0.15, 0.2) is 25.2 Å². The van der Waals surface area contributed by atoms with Crippen LogP contribution in [-0.2, 0) is 57.0 Å². The monoisotopic (exact) mass is 1210 g/mol. The van der Waals surface area contributed by atoms with Gasteiger partial charge in [-0.15, -0.1) is 0 Å². The number of nitrogens with one attached hydrogen (secondary N) is 2. The topological polar surface area (TPSA) is 434 Å². The quantitative estimate of drug-likeness (QED) is 0.0264. The molecule has 4 saturated heterocycles. The molecule has 4 fully saturated rings. The van der Waals surface area contributed by atoms with Gasteiger partial charge in [0.1, 0.15) is 61.0 Å². The fourth-order valence-electron chi connectivity index (χ4n) is 11.3. The van der Waals surface area contributed by atoms with Crippen molar-refractivity contribution in [3.05, 3.63) is 0 Å². The molecule has 22 atom stereocenters. The van der Waals surface area contributed by atoms with Gasteiger partial charge in [0.05, 0.1) is 75.3 Å². The Hall–Kier alpha value is -2.02. The molecule has 0 aliphatic carbocycles. The Morgan fingerprint density at radius 2 is 0.819 bits per heavy atom. The van der Waals surface area contributed by atoms with Crippen LogP contribution < -0.4 is 10.6 Å². The SMILES string of the molecule is CCCC(CC)(OC1OC(CO)C(O)C(O)C1O)C1C(CO)OC(OCCCCCCNC(=O)CCOCCCOCCC(=O)NCCCCCCOC2OC(CO)C(C(C)(CC)OC3OC(CO)C(O)C(O)C3O)C(O)C2O)C(O)C1O. The number of ether oxygens (including phenoxy) is 10. The van der Waals surface area contributed by atoms with Gasteiger partial charge in [0.2, 0.25) is 11.8 Å². The summed E-state index contributed by atoms with van der Waals surface area (Å²) in [5, 5.41) is 153. The van der Waals surface area contributed by atoms with E-state index in [-0.39, 0.29) is 70.3 Å². The average Bonchev–Trinajstić information content (AvgIpc) is 2.24. The summed E-state index contributed by atoms with van der Waals surface area (Å²) < 4.78 is 58.0. The largest absolute Gasteiger partial charge is 0.394 e. The second kappa shape index (κ2) is 37.7. The molecule has 4 rings (SSSR count). The van der Waals surface area contributed by atoms with E-state index >= 15 is 0 Å². The van der Waals surface area contributed by atoms with Crippen LogP contribution in [0.2, 0.25) is 0 Å². The van der Waals surface area contributed by atoms with Crippen molar-refractivity contribution in [2.75, 3.05) is 79.2 Å². The van der Waals surface area contributed by atoms with Gasteiger partial charge in [0, 0.05) is 64.2 Å². The van der Waals surface area contributed by atoms with Gasteiger partial charge in [-0.05, 0) is 58.3 Å². The first-order valence-corrected chi connectivity index (χ1v) is 29.9. The number of aliphatic hydroxyl groups excluding tert-OH is 14. The summed E-state index contributed by atoms with van der Waals surface area (Å²) in [7, 11) is 0. The fraction of sp³-hybridized carbons (Fsp3) is 0.964. The zero-order chi connectivity index (χ0) is 61.3. The highest BCUT2D eigenvalue weighted by molar-refractivity contribution is 5.76. The number of carbonyl (C=O) groups is 2. The molecule has 22 unspecified atom stereocenters. The first-order chi connectivity index (χ1) is 39.7. The van der Waals surface area contributed by atoms with Crippen LogP contribution in [0, 0.1) is 11.8 Å². The molecule has 2 amide bonds. The summed E-state index contributed by atoms with van der Waals surface area (Å²) in [5.41, 5.74) is -2.73. The second-order valence-corrected chi connectivity index (χ2v) is 22.3. The standard InChI is InChI=1S/C55H102N2O26/c1-5-19-55(7-3,83-53-49(73)45(69)41(65)35(31-61)81-53)39-33(29-59)79-51(47(71)43(39)67)77-25-15-11-9-13-21-57-37(63)18-27-75-23-16-22-74-26-17-36(62)56-20-12-8-10-14-24-76-50-46(70)42(66)38(32(28-58)78-50)54(4,6-2)82-52-48(72)44(68)40(64)34(30-60)80-52/h32-35,38-53,58-61,64-73H,5-31H2,1-4H3,(H,56,62)(H,57,63). The summed E-state index contributed by atoms with van der Waals surface area (Å²) in [6.07, 6.45) is -18.3. The molecule has 83 heavy (non-hydrogen) atoms. The van der Waals surface area contributed by atoms with Crippen molar-refractivity contribution in [2.45, 2.75) is 246 Å². The molecule has 0 bridgehead atoms. The van der Waals surface area contributed by atoms with E-state index in [4.69, 9.17) is 47.4 Å². The molecule has 0 saturated carbocycles.